The van der Waals surface area contributed by atoms with Crippen LogP contribution in [0, 0.1) is 0 Å². The molecule has 1 unspecified atom stereocenters. The highest BCUT2D eigenvalue weighted by molar-refractivity contribution is 7.92. The van der Waals surface area contributed by atoms with E-state index in [9.17, 15) is 9.35 Å². The molecule has 1 saturated heterocycles. The minimum Gasteiger partial charge on any atom is -0.616 e. The largest absolute Gasteiger partial charge is 0.616 e. The predicted octanol–water partition coefficient (Wildman–Crippen LogP) is 0.0336. The summed E-state index contributed by atoms with van der Waals surface area (Å²) in [5.41, 5.74) is 0. The molecule has 0 aliphatic carbocycles. The van der Waals surface area contributed by atoms with E-state index in [1.807, 2.05) is 13.8 Å². The lowest BCUT2D eigenvalue weighted by atomic mass is 10.1. The number of carbonyl (C=O) groups excluding carboxylic acids is 1. The van der Waals surface area contributed by atoms with Crippen molar-refractivity contribution in [3.05, 3.63) is 0 Å². The van der Waals surface area contributed by atoms with E-state index in [2.05, 4.69) is 5.32 Å². The third-order valence-corrected chi connectivity index (χ3v) is 3.76. The normalized spacial score (nSPS) is 30.8. The Bertz CT molecular complexity index is 170. The topological polar surface area (TPSA) is 52.2 Å². The van der Waals surface area contributed by atoms with Crippen molar-refractivity contribution in [1.82, 2.24) is 5.32 Å². The van der Waals surface area contributed by atoms with Gasteiger partial charge in [-0.15, -0.1) is 0 Å². The molecule has 1 rings (SSSR count). The van der Waals surface area contributed by atoms with Gasteiger partial charge in [0, 0.05) is 0 Å². The van der Waals surface area contributed by atoms with Crippen molar-refractivity contribution in [3.63, 3.8) is 0 Å². The van der Waals surface area contributed by atoms with Gasteiger partial charge in [-0.1, -0.05) is 0 Å². The molecule has 3 nitrogen and oxygen atoms in total. The number of nitrogens with one attached hydrogen (secondary N) is 1. The molecule has 1 heterocycles. The van der Waals surface area contributed by atoms with Crippen molar-refractivity contribution < 1.29 is 9.35 Å². The van der Waals surface area contributed by atoms with Gasteiger partial charge in [0.15, 0.2) is 0 Å². The van der Waals surface area contributed by atoms with Crippen molar-refractivity contribution in [1.29, 1.82) is 0 Å². The minimum atomic E-state index is -0.872. The summed E-state index contributed by atoms with van der Waals surface area (Å²) in [5.74, 6) is 0.597. The molecular weight excluding hydrogens is 162 g/mol. The molecule has 1 fully saturated rings. The summed E-state index contributed by atoms with van der Waals surface area (Å²) in [6.07, 6.45) is 0.375. The van der Waals surface area contributed by atoms with Crippen LogP contribution in [0.25, 0.3) is 0 Å². The van der Waals surface area contributed by atoms with Gasteiger partial charge in [0.1, 0.15) is 10.5 Å². The first-order valence-corrected chi connectivity index (χ1v) is 4.99. The number of hydrogen-bond donors (Lipinski definition) is 1. The van der Waals surface area contributed by atoms with Gasteiger partial charge >= 0.3 is 0 Å². The van der Waals surface area contributed by atoms with E-state index in [4.69, 9.17) is 0 Å². The van der Waals surface area contributed by atoms with E-state index in [0.717, 1.165) is 0 Å². The van der Waals surface area contributed by atoms with Crippen LogP contribution in [0.5, 0.6) is 0 Å². The summed E-state index contributed by atoms with van der Waals surface area (Å²) in [5, 5.41) is 2.70. The maximum atomic E-state index is 11.4. The highest BCUT2D eigenvalue weighted by atomic mass is 32.2. The molecule has 0 aromatic heterocycles. The van der Waals surface area contributed by atoms with Gasteiger partial charge in [0.2, 0.25) is 5.91 Å². The maximum Gasteiger partial charge on any atom is 0.225 e. The maximum absolute atomic E-state index is 11.4. The molecule has 64 valence electrons. The summed E-state index contributed by atoms with van der Waals surface area (Å²) in [7, 11) is 0. The van der Waals surface area contributed by atoms with Crippen LogP contribution in [0.3, 0.4) is 0 Å². The van der Waals surface area contributed by atoms with Gasteiger partial charge in [-0.2, -0.15) is 0 Å². The van der Waals surface area contributed by atoms with Gasteiger partial charge in [-0.25, -0.2) is 0 Å². The molecule has 1 amide bonds. The van der Waals surface area contributed by atoms with Gasteiger partial charge in [-0.05, 0) is 25.0 Å². The molecule has 0 saturated carbocycles. The Balaban J connectivity index is 2.68. The number of rotatable bonds is 0. The standard InChI is InChI=1S/C7H13NO2S/c1-7(2)5-6(9)8-3-4-11(7)10/h3-5H2,1-2H3,(H,8,9). The summed E-state index contributed by atoms with van der Waals surface area (Å²) in [6.45, 7) is 4.29. The van der Waals surface area contributed by atoms with Gasteiger partial charge in [-0.3, -0.25) is 4.79 Å². The Labute approximate surface area is 69.7 Å². The Morgan fingerprint density at radius 3 is 2.91 bits per heavy atom. The minimum absolute atomic E-state index is 0.0147. The van der Waals surface area contributed by atoms with Crippen LogP contribution in [0.2, 0.25) is 0 Å². The average molecular weight is 175 g/mol. The van der Waals surface area contributed by atoms with E-state index in [-0.39, 0.29) is 10.7 Å². The van der Waals surface area contributed by atoms with Crippen LogP contribution in [0.4, 0.5) is 0 Å². The molecule has 0 aromatic rings. The molecule has 1 atom stereocenters. The first kappa shape index (κ1) is 8.87. The molecule has 1 aliphatic heterocycles. The molecule has 0 spiro atoms. The van der Waals surface area contributed by atoms with Crippen LogP contribution >= 0.6 is 0 Å². The van der Waals surface area contributed by atoms with Gasteiger partial charge < -0.3 is 9.87 Å². The second-order valence-corrected chi connectivity index (χ2v) is 5.54. The summed E-state index contributed by atoms with van der Waals surface area (Å²) < 4.78 is 11.1. The zero-order valence-electron chi connectivity index (χ0n) is 6.85. The molecule has 0 bridgehead atoms. The summed E-state index contributed by atoms with van der Waals surface area (Å²) >= 11 is -0.872. The van der Waals surface area contributed by atoms with E-state index in [0.29, 0.717) is 18.7 Å². The first-order chi connectivity index (χ1) is 5.02. The molecule has 0 radical (unpaired) electrons. The average Bonchev–Trinajstić information content (AvgIpc) is 1.93. The molecule has 4 heteroatoms. The molecule has 0 aromatic carbocycles. The van der Waals surface area contributed by atoms with Crippen molar-refractivity contribution >= 4 is 17.1 Å². The monoisotopic (exact) mass is 175 g/mol. The number of amides is 1. The first-order valence-electron chi connectivity index (χ1n) is 3.67. The Hall–Kier alpha value is -0.220. The van der Waals surface area contributed by atoms with Crippen LogP contribution in [0.1, 0.15) is 20.3 Å². The van der Waals surface area contributed by atoms with Crippen molar-refractivity contribution in [2.24, 2.45) is 0 Å². The quantitative estimate of drug-likeness (QED) is 0.528. The second kappa shape index (κ2) is 3.03. The number of carbonyl (C=O) groups is 1. The fourth-order valence-electron chi connectivity index (χ4n) is 1.09. The lowest BCUT2D eigenvalue weighted by Gasteiger charge is -2.24. The second-order valence-electron chi connectivity index (χ2n) is 3.34. The third-order valence-electron chi connectivity index (χ3n) is 1.81. The molecule has 1 N–H and O–H groups in total. The van der Waals surface area contributed by atoms with E-state index in [1.54, 1.807) is 0 Å². The van der Waals surface area contributed by atoms with E-state index in [1.165, 1.54) is 0 Å². The SMILES string of the molecule is CC1(C)CC(=O)NCC[S+]1[O-]. The highest BCUT2D eigenvalue weighted by Gasteiger charge is 2.36. The van der Waals surface area contributed by atoms with Gasteiger partial charge in [0.05, 0.1) is 13.0 Å². The summed E-state index contributed by atoms with van der Waals surface area (Å²) in [6, 6.07) is 0. The molecule has 1 aliphatic rings. The third kappa shape index (κ3) is 2.10. The van der Waals surface area contributed by atoms with Crippen LogP contribution in [-0.2, 0) is 16.0 Å². The Kier molecular flexibility index (Phi) is 2.44. The van der Waals surface area contributed by atoms with Crippen LogP contribution < -0.4 is 5.32 Å². The molecule has 11 heavy (non-hydrogen) atoms. The van der Waals surface area contributed by atoms with E-state index < -0.39 is 11.2 Å². The van der Waals surface area contributed by atoms with Gasteiger partial charge in [0.25, 0.3) is 0 Å². The van der Waals surface area contributed by atoms with Crippen molar-refractivity contribution in [2.45, 2.75) is 25.0 Å². The zero-order valence-corrected chi connectivity index (χ0v) is 7.66. The summed E-state index contributed by atoms with van der Waals surface area (Å²) in [4.78, 5) is 11.0. The number of hydrogen-bond acceptors (Lipinski definition) is 2. The fourth-order valence-corrected chi connectivity index (χ4v) is 2.22. The highest BCUT2D eigenvalue weighted by Crippen LogP contribution is 2.22. The van der Waals surface area contributed by atoms with Crippen LogP contribution in [-0.4, -0.2) is 27.5 Å². The fraction of sp³-hybridized carbons (Fsp3) is 0.857. The zero-order chi connectivity index (χ0) is 8.48. The Morgan fingerprint density at radius 2 is 2.27 bits per heavy atom. The Morgan fingerprint density at radius 1 is 1.64 bits per heavy atom. The smallest absolute Gasteiger partial charge is 0.225 e. The van der Waals surface area contributed by atoms with E-state index >= 15 is 0 Å². The van der Waals surface area contributed by atoms with Crippen molar-refractivity contribution in [3.8, 4) is 0 Å². The molecular formula is C7H13NO2S. The van der Waals surface area contributed by atoms with Crippen molar-refractivity contribution in [2.75, 3.05) is 12.3 Å². The predicted molar refractivity (Wildman–Crippen MR) is 44.7 cm³/mol. The lowest BCUT2D eigenvalue weighted by Crippen LogP contribution is -2.34. The van der Waals surface area contributed by atoms with Crippen LogP contribution in [0.15, 0.2) is 0 Å². The lowest BCUT2D eigenvalue weighted by molar-refractivity contribution is -0.121.